The summed E-state index contributed by atoms with van der Waals surface area (Å²) in [4.78, 5) is 11.9. The van der Waals surface area contributed by atoms with Crippen LogP contribution in [0.25, 0.3) is 11.8 Å². The second-order valence-corrected chi connectivity index (χ2v) is 6.09. The minimum atomic E-state index is -0.192. The van der Waals surface area contributed by atoms with Gasteiger partial charge in [0.1, 0.15) is 5.15 Å². The Hall–Kier alpha value is -2.11. The van der Waals surface area contributed by atoms with E-state index >= 15 is 0 Å². The standard InChI is InChI=1S/C18H22ClN3O2/c1-13(10-11-23)12-20-17(24)9-8-16-14(2)21-22(18(16)19)15-6-4-3-5-7-15/h3-9,13,23H,10-12H2,1-2H3,(H,20,24)/b9-8+. The van der Waals surface area contributed by atoms with Crippen molar-refractivity contribution in [3.63, 3.8) is 0 Å². The highest BCUT2D eigenvalue weighted by Crippen LogP contribution is 2.24. The summed E-state index contributed by atoms with van der Waals surface area (Å²) in [5, 5.41) is 16.6. The van der Waals surface area contributed by atoms with E-state index < -0.39 is 0 Å². The predicted octanol–water partition coefficient (Wildman–Crippen LogP) is 2.98. The summed E-state index contributed by atoms with van der Waals surface area (Å²) in [6, 6.07) is 9.59. The number of rotatable bonds is 7. The number of aromatic nitrogens is 2. The van der Waals surface area contributed by atoms with Gasteiger partial charge in [0.05, 0.1) is 11.4 Å². The Morgan fingerprint density at radius 3 is 2.79 bits per heavy atom. The maximum absolute atomic E-state index is 11.9. The molecule has 0 bridgehead atoms. The molecule has 1 heterocycles. The SMILES string of the molecule is Cc1nn(-c2ccccc2)c(Cl)c1/C=C/C(=O)NCC(C)CCO. The Kier molecular flexibility index (Phi) is 6.58. The molecule has 0 spiro atoms. The molecule has 0 fully saturated rings. The lowest BCUT2D eigenvalue weighted by Gasteiger charge is -2.09. The molecule has 128 valence electrons. The molecule has 5 nitrogen and oxygen atoms in total. The van der Waals surface area contributed by atoms with Crippen molar-refractivity contribution in [3.8, 4) is 5.69 Å². The minimum absolute atomic E-state index is 0.125. The van der Waals surface area contributed by atoms with Crippen molar-refractivity contribution in [3.05, 3.63) is 52.8 Å². The number of nitrogens with one attached hydrogen (secondary N) is 1. The average molecular weight is 348 g/mol. The molecule has 2 aromatic rings. The van der Waals surface area contributed by atoms with Gasteiger partial charge in [-0.1, -0.05) is 36.7 Å². The Morgan fingerprint density at radius 2 is 2.12 bits per heavy atom. The first kappa shape index (κ1) is 18.2. The van der Waals surface area contributed by atoms with Gasteiger partial charge in [-0.2, -0.15) is 5.10 Å². The maximum Gasteiger partial charge on any atom is 0.244 e. The number of carbonyl (C=O) groups excluding carboxylic acids is 1. The summed E-state index contributed by atoms with van der Waals surface area (Å²) >= 11 is 6.41. The highest BCUT2D eigenvalue weighted by atomic mass is 35.5. The van der Waals surface area contributed by atoms with Gasteiger partial charge in [0.25, 0.3) is 0 Å². The van der Waals surface area contributed by atoms with E-state index in [9.17, 15) is 4.79 Å². The molecule has 0 aliphatic heterocycles. The number of para-hydroxylation sites is 1. The van der Waals surface area contributed by atoms with Crippen molar-refractivity contribution in [2.75, 3.05) is 13.2 Å². The number of benzene rings is 1. The topological polar surface area (TPSA) is 67.2 Å². The monoisotopic (exact) mass is 347 g/mol. The van der Waals surface area contributed by atoms with Gasteiger partial charge in [-0.15, -0.1) is 0 Å². The fourth-order valence-electron chi connectivity index (χ4n) is 2.26. The van der Waals surface area contributed by atoms with Crippen LogP contribution in [0.3, 0.4) is 0 Å². The van der Waals surface area contributed by atoms with Crippen LogP contribution in [-0.2, 0) is 4.79 Å². The predicted molar refractivity (Wildman–Crippen MR) is 96.2 cm³/mol. The first-order chi connectivity index (χ1) is 11.5. The fourth-order valence-corrected chi connectivity index (χ4v) is 2.59. The average Bonchev–Trinajstić information content (AvgIpc) is 2.86. The fraction of sp³-hybridized carbons (Fsp3) is 0.333. The van der Waals surface area contributed by atoms with Crippen LogP contribution in [0.2, 0.25) is 5.15 Å². The normalized spacial score (nSPS) is 12.5. The highest BCUT2D eigenvalue weighted by Gasteiger charge is 2.12. The maximum atomic E-state index is 11.9. The first-order valence-corrected chi connectivity index (χ1v) is 8.28. The smallest absolute Gasteiger partial charge is 0.244 e. The molecule has 2 N–H and O–H groups in total. The molecule has 0 radical (unpaired) electrons. The zero-order chi connectivity index (χ0) is 17.5. The van der Waals surface area contributed by atoms with Gasteiger partial charge in [0.2, 0.25) is 5.91 Å². The summed E-state index contributed by atoms with van der Waals surface area (Å²) in [6.45, 7) is 4.48. The van der Waals surface area contributed by atoms with Crippen LogP contribution in [-0.4, -0.2) is 33.9 Å². The Labute approximate surface area is 146 Å². The van der Waals surface area contributed by atoms with Gasteiger partial charge < -0.3 is 10.4 Å². The quantitative estimate of drug-likeness (QED) is 0.757. The van der Waals surface area contributed by atoms with Crippen LogP contribution in [0.5, 0.6) is 0 Å². The van der Waals surface area contributed by atoms with E-state index in [4.69, 9.17) is 16.7 Å². The van der Waals surface area contributed by atoms with E-state index in [-0.39, 0.29) is 18.4 Å². The number of aliphatic hydroxyl groups excluding tert-OH is 1. The summed E-state index contributed by atoms with van der Waals surface area (Å²) in [7, 11) is 0. The van der Waals surface area contributed by atoms with E-state index in [2.05, 4.69) is 10.4 Å². The van der Waals surface area contributed by atoms with Crippen LogP contribution in [0.4, 0.5) is 0 Å². The largest absolute Gasteiger partial charge is 0.396 e. The molecule has 0 saturated carbocycles. The molecule has 1 atom stereocenters. The molecule has 2 rings (SSSR count). The van der Waals surface area contributed by atoms with Gasteiger partial charge in [0.15, 0.2) is 0 Å². The molecule has 0 aliphatic carbocycles. The first-order valence-electron chi connectivity index (χ1n) is 7.90. The molecule has 1 aromatic carbocycles. The molecule has 24 heavy (non-hydrogen) atoms. The number of halogens is 1. The molecular weight excluding hydrogens is 326 g/mol. The van der Waals surface area contributed by atoms with E-state index in [1.165, 1.54) is 6.08 Å². The Morgan fingerprint density at radius 1 is 1.42 bits per heavy atom. The number of nitrogens with zero attached hydrogens (tertiary/aromatic N) is 2. The van der Waals surface area contributed by atoms with Crippen molar-refractivity contribution in [1.82, 2.24) is 15.1 Å². The zero-order valence-electron chi connectivity index (χ0n) is 13.9. The lowest BCUT2D eigenvalue weighted by Crippen LogP contribution is -2.26. The number of aryl methyl sites for hydroxylation is 1. The third kappa shape index (κ3) is 4.69. The van der Waals surface area contributed by atoms with Crippen LogP contribution >= 0.6 is 11.6 Å². The molecule has 1 aromatic heterocycles. The second-order valence-electron chi connectivity index (χ2n) is 5.73. The van der Waals surface area contributed by atoms with Gasteiger partial charge in [-0.05, 0) is 37.5 Å². The summed E-state index contributed by atoms with van der Waals surface area (Å²) in [6.07, 6.45) is 3.80. The Bertz CT molecular complexity index is 711. The third-order valence-corrected chi connectivity index (χ3v) is 4.06. The van der Waals surface area contributed by atoms with Crippen molar-refractivity contribution in [2.24, 2.45) is 5.92 Å². The Balaban J connectivity index is 2.07. The molecular formula is C18H22ClN3O2. The van der Waals surface area contributed by atoms with Crippen molar-refractivity contribution < 1.29 is 9.90 Å². The van der Waals surface area contributed by atoms with Crippen LogP contribution in [0, 0.1) is 12.8 Å². The van der Waals surface area contributed by atoms with Gasteiger partial charge >= 0.3 is 0 Å². The molecule has 1 unspecified atom stereocenters. The molecule has 0 saturated heterocycles. The highest BCUT2D eigenvalue weighted by molar-refractivity contribution is 6.31. The number of carbonyl (C=O) groups is 1. The van der Waals surface area contributed by atoms with E-state index in [0.29, 0.717) is 18.1 Å². The summed E-state index contributed by atoms with van der Waals surface area (Å²) in [5.41, 5.74) is 2.34. The van der Waals surface area contributed by atoms with E-state index in [1.807, 2.05) is 44.2 Å². The number of hydrogen-bond donors (Lipinski definition) is 2. The van der Waals surface area contributed by atoms with Gasteiger partial charge in [-0.3, -0.25) is 4.79 Å². The molecule has 0 aliphatic rings. The molecule has 6 heteroatoms. The summed E-state index contributed by atoms with van der Waals surface area (Å²) < 4.78 is 1.65. The minimum Gasteiger partial charge on any atom is -0.396 e. The van der Waals surface area contributed by atoms with Gasteiger partial charge in [-0.25, -0.2) is 4.68 Å². The van der Waals surface area contributed by atoms with Crippen molar-refractivity contribution in [2.45, 2.75) is 20.3 Å². The van der Waals surface area contributed by atoms with E-state index in [1.54, 1.807) is 10.8 Å². The van der Waals surface area contributed by atoms with Crippen LogP contribution in [0.15, 0.2) is 36.4 Å². The van der Waals surface area contributed by atoms with Crippen molar-refractivity contribution in [1.29, 1.82) is 0 Å². The third-order valence-electron chi connectivity index (χ3n) is 3.70. The zero-order valence-corrected chi connectivity index (χ0v) is 14.6. The number of hydrogen-bond acceptors (Lipinski definition) is 3. The van der Waals surface area contributed by atoms with Crippen LogP contribution in [0.1, 0.15) is 24.6 Å². The lowest BCUT2D eigenvalue weighted by molar-refractivity contribution is -0.116. The lowest BCUT2D eigenvalue weighted by atomic mass is 10.1. The van der Waals surface area contributed by atoms with Crippen LogP contribution < -0.4 is 5.32 Å². The molecule has 1 amide bonds. The van der Waals surface area contributed by atoms with Crippen molar-refractivity contribution >= 4 is 23.6 Å². The number of amides is 1. The number of aliphatic hydroxyl groups is 1. The second kappa shape index (κ2) is 8.66. The van der Waals surface area contributed by atoms with Gasteiger partial charge in [0, 0.05) is 24.8 Å². The van der Waals surface area contributed by atoms with E-state index in [0.717, 1.165) is 16.9 Å². The summed E-state index contributed by atoms with van der Waals surface area (Å²) in [5.74, 6) is 0.0428.